The second-order valence-corrected chi connectivity index (χ2v) is 8.37. The minimum atomic E-state index is -1.70. The Kier molecular flexibility index (Phi) is 9.89. The van der Waals surface area contributed by atoms with E-state index in [1.54, 1.807) is 6.92 Å². The Morgan fingerprint density at radius 1 is 1.06 bits per heavy atom. The lowest BCUT2D eigenvalue weighted by Gasteiger charge is -2.41. The van der Waals surface area contributed by atoms with E-state index in [2.05, 4.69) is 0 Å². The van der Waals surface area contributed by atoms with E-state index in [9.17, 15) is 40.2 Å². The first-order chi connectivity index (χ1) is 16.0. The van der Waals surface area contributed by atoms with E-state index in [-0.39, 0.29) is 12.0 Å². The number of carbonyl (C=O) groups excluding carboxylic acids is 1. The van der Waals surface area contributed by atoms with Crippen molar-refractivity contribution < 1.29 is 59.5 Å². The molecule has 0 saturated carbocycles. The van der Waals surface area contributed by atoms with E-state index < -0.39 is 78.5 Å². The van der Waals surface area contributed by atoms with E-state index in [4.69, 9.17) is 19.3 Å². The van der Waals surface area contributed by atoms with Gasteiger partial charge in [-0.15, -0.1) is 0 Å². The number of esters is 1. The Labute approximate surface area is 195 Å². The van der Waals surface area contributed by atoms with Gasteiger partial charge in [-0.2, -0.15) is 0 Å². The van der Waals surface area contributed by atoms with Gasteiger partial charge in [-0.25, -0.2) is 4.79 Å². The number of carbonyl (C=O) groups is 2. The molecule has 0 radical (unpaired) electrons. The first kappa shape index (κ1) is 27.6. The predicted octanol–water partition coefficient (Wildman–Crippen LogP) is 0.454. The van der Waals surface area contributed by atoms with Crippen LogP contribution in [0.3, 0.4) is 0 Å². The molecule has 1 aliphatic heterocycles. The molecule has 0 aliphatic carbocycles. The van der Waals surface area contributed by atoms with Gasteiger partial charge in [-0.3, -0.25) is 4.79 Å². The van der Waals surface area contributed by atoms with Gasteiger partial charge in [0.05, 0.1) is 18.1 Å². The zero-order chi connectivity index (χ0) is 25.6. The number of rotatable bonds is 11. The molecule has 1 aliphatic rings. The van der Waals surface area contributed by atoms with Gasteiger partial charge >= 0.3 is 11.9 Å². The molecule has 1 fully saturated rings. The number of unbranched alkanes of at least 4 members (excludes halogenated alkanes) is 1. The number of benzene rings is 1. The Hall–Kier alpha value is -2.64. The maximum Gasteiger partial charge on any atom is 0.338 e. The number of aliphatic carboxylic acids is 1. The van der Waals surface area contributed by atoms with Crippen LogP contribution >= 0.6 is 0 Å². The highest BCUT2D eigenvalue weighted by Gasteiger charge is 2.46. The summed E-state index contributed by atoms with van der Waals surface area (Å²) < 4.78 is 16.4. The van der Waals surface area contributed by atoms with Gasteiger partial charge in [0.1, 0.15) is 31.0 Å². The molecule has 1 aromatic carbocycles. The molecule has 1 aromatic rings. The molecule has 0 spiro atoms. The Morgan fingerprint density at radius 3 is 2.24 bits per heavy atom. The first-order valence-electron chi connectivity index (χ1n) is 10.9. The van der Waals surface area contributed by atoms with Gasteiger partial charge in [0.2, 0.25) is 0 Å². The summed E-state index contributed by atoms with van der Waals surface area (Å²) >= 11 is 0. The van der Waals surface area contributed by atoms with E-state index in [0.29, 0.717) is 6.42 Å². The van der Waals surface area contributed by atoms with E-state index in [0.717, 1.165) is 25.0 Å². The molecule has 1 heterocycles. The van der Waals surface area contributed by atoms with E-state index in [1.807, 2.05) is 6.92 Å². The second-order valence-electron chi connectivity index (χ2n) is 8.37. The normalized spacial score (nSPS) is 26.6. The molecule has 2 rings (SSSR count). The van der Waals surface area contributed by atoms with Crippen LogP contribution in [-0.2, 0) is 19.0 Å². The molecule has 192 valence electrons. The van der Waals surface area contributed by atoms with Crippen LogP contribution in [-0.4, -0.2) is 91.1 Å². The highest BCUT2D eigenvalue weighted by atomic mass is 16.7. The number of ether oxygens (including phenoxy) is 3. The van der Waals surface area contributed by atoms with Crippen LogP contribution in [0.4, 0.5) is 0 Å². The number of hydrogen-bond acceptors (Lipinski definition) is 11. The van der Waals surface area contributed by atoms with Crippen LogP contribution in [0.5, 0.6) is 17.2 Å². The number of phenols is 3. The standard InChI is InChI=1S/C22H32O12/c1-3-4-5-14(10(2)6-16(25)26)33-22-20(30)19(29)18(28)15(34-22)9-32-21(31)11-7-12(23)17(27)13(24)8-11/h7-8,10,14-15,18-20,22-24,27-30H,3-6,9H2,1-2H3,(H,25,26)/t10-,14-,15+,18+,19-,20+,22+/m0/s1. The third-order valence-electron chi connectivity index (χ3n) is 5.63. The fourth-order valence-electron chi connectivity index (χ4n) is 3.60. The molecule has 34 heavy (non-hydrogen) atoms. The summed E-state index contributed by atoms with van der Waals surface area (Å²) in [5.74, 6) is -4.79. The van der Waals surface area contributed by atoms with Crippen molar-refractivity contribution in [2.45, 2.75) is 76.3 Å². The summed E-state index contributed by atoms with van der Waals surface area (Å²) in [6, 6.07) is 1.73. The van der Waals surface area contributed by atoms with Crippen molar-refractivity contribution in [3.63, 3.8) is 0 Å². The molecule has 12 heteroatoms. The molecule has 0 unspecified atom stereocenters. The zero-order valence-corrected chi connectivity index (χ0v) is 18.9. The molecule has 0 aromatic heterocycles. The zero-order valence-electron chi connectivity index (χ0n) is 18.9. The number of hydrogen-bond donors (Lipinski definition) is 7. The van der Waals surface area contributed by atoms with Gasteiger partial charge in [-0.1, -0.05) is 26.7 Å². The quantitative estimate of drug-likeness (QED) is 0.168. The number of carboxylic acid groups (broad SMARTS) is 1. The number of phenolic OH excluding ortho intramolecular Hbond substituents is 3. The van der Waals surface area contributed by atoms with Gasteiger partial charge in [0.25, 0.3) is 0 Å². The highest BCUT2D eigenvalue weighted by molar-refractivity contribution is 5.91. The van der Waals surface area contributed by atoms with Crippen molar-refractivity contribution in [3.8, 4) is 17.2 Å². The van der Waals surface area contributed by atoms with Crippen molar-refractivity contribution >= 4 is 11.9 Å². The van der Waals surface area contributed by atoms with Crippen LogP contribution in [0.2, 0.25) is 0 Å². The Bertz CT molecular complexity index is 820. The monoisotopic (exact) mass is 488 g/mol. The number of aliphatic hydroxyl groups excluding tert-OH is 3. The molecule has 1 saturated heterocycles. The fourth-order valence-corrected chi connectivity index (χ4v) is 3.60. The van der Waals surface area contributed by atoms with Gasteiger partial charge < -0.3 is 50.0 Å². The maximum atomic E-state index is 12.3. The third-order valence-corrected chi connectivity index (χ3v) is 5.63. The summed E-state index contributed by atoms with van der Waals surface area (Å²) in [5, 5.41) is 68.4. The van der Waals surface area contributed by atoms with E-state index >= 15 is 0 Å². The smallest absolute Gasteiger partial charge is 0.338 e. The van der Waals surface area contributed by atoms with Crippen LogP contribution in [0.25, 0.3) is 0 Å². The lowest BCUT2D eigenvalue weighted by atomic mass is 9.95. The molecule has 12 nitrogen and oxygen atoms in total. The number of aromatic hydroxyl groups is 3. The molecular weight excluding hydrogens is 456 g/mol. The fraction of sp³-hybridized carbons (Fsp3) is 0.636. The predicted molar refractivity (Wildman–Crippen MR) is 114 cm³/mol. The Balaban J connectivity index is 2.09. The van der Waals surface area contributed by atoms with Gasteiger partial charge in [-0.05, 0) is 24.5 Å². The van der Waals surface area contributed by atoms with Gasteiger partial charge in [0, 0.05) is 0 Å². The van der Waals surface area contributed by atoms with E-state index in [1.165, 1.54) is 0 Å². The van der Waals surface area contributed by atoms with Crippen molar-refractivity contribution in [2.24, 2.45) is 5.92 Å². The highest BCUT2D eigenvalue weighted by Crippen LogP contribution is 2.35. The average Bonchev–Trinajstić information content (AvgIpc) is 2.78. The molecule has 0 amide bonds. The average molecular weight is 488 g/mol. The lowest BCUT2D eigenvalue weighted by Crippen LogP contribution is -2.60. The maximum absolute atomic E-state index is 12.3. The largest absolute Gasteiger partial charge is 0.504 e. The summed E-state index contributed by atoms with van der Waals surface area (Å²) in [4.78, 5) is 23.4. The van der Waals surface area contributed by atoms with Crippen LogP contribution < -0.4 is 0 Å². The minimum Gasteiger partial charge on any atom is -0.504 e. The molecule has 0 bridgehead atoms. The second kappa shape index (κ2) is 12.2. The van der Waals surface area contributed by atoms with Crippen LogP contribution in [0, 0.1) is 5.92 Å². The first-order valence-corrected chi connectivity index (χ1v) is 10.9. The summed E-state index contributed by atoms with van der Waals surface area (Å²) in [5.41, 5.74) is -0.298. The van der Waals surface area contributed by atoms with Crippen molar-refractivity contribution in [3.05, 3.63) is 17.7 Å². The number of aliphatic hydroxyl groups is 3. The molecule has 7 N–H and O–H groups in total. The number of carboxylic acids is 1. The summed E-state index contributed by atoms with van der Waals surface area (Å²) in [6.07, 6.45) is -6.53. The molecular formula is C22H32O12. The summed E-state index contributed by atoms with van der Waals surface area (Å²) in [7, 11) is 0. The minimum absolute atomic E-state index is 0.185. The lowest BCUT2D eigenvalue weighted by molar-refractivity contribution is -0.315. The Morgan fingerprint density at radius 2 is 1.68 bits per heavy atom. The SMILES string of the molecule is CCCC[C@H](O[C@@H]1O[C@H](COC(=O)c2cc(O)c(O)c(O)c2)[C@@H](O)[C@H](O)[C@H]1O)[C@@H](C)CC(=O)O. The van der Waals surface area contributed by atoms with Gasteiger partial charge in [0.15, 0.2) is 23.5 Å². The third kappa shape index (κ3) is 6.93. The van der Waals surface area contributed by atoms with Crippen LogP contribution in [0.15, 0.2) is 12.1 Å². The topological polar surface area (TPSA) is 203 Å². The van der Waals surface area contributed by atoms with Crippen molar-refractivity contribution in [1.29, 1.82) is 0 Å². The molecule has 7 atom stereocenters. The summed E-state index contributed by atoms with van der Waals surface area (Å²) in [6.45, 7) is 3.04. The van der Waals surface area contributed by atoms with Crippen LogP contribution in [0.1, 0.15) is 49.9 Å². The van der Waals surface area contributed by atoms with Crippen molar-refractivity contribution in [1.82, 2.24) is 0 Å². The van der Waals surface area contributed by atoms with Crippen molar-refractivity contribution in [2.75, 3.05) is 6.61 Å².